The maximum atomic E-state index is 12.4. The van der Waals surface area contributed by atoms with E-state index >= 15 is 0 Å². The molecule has 3 heterocycles. The highest BCUT2D eigenvalue weighted by molar-refractivity contribution is 5.89. The first-order chi connectivity index (χ1) is 11.7. The lowest BCUT2D eigenvalue weighted by Crippen LogP contribution is -2.48. The zero-order chi connectivity index (χ0) is 16.9. The predicted octanol–water partition coefficient (Wildman–Crippen LogP) is -0.0839. The summed E-state index contributed by atoms with van der Waals surface area (Å²) >= 11 is 0. The van der Waals surface area contributed by atoms with E-state index in [1.54, 1.807) is 12.4 Å². The predicted molar refractivity (Wildman–Crippen MR) is 86.7 cm³/mol. The Morgan fingerprint density at radius 3 is 3.12 bits per heavy atom. The van der Waals surface area contributed by atoms with Gasteiger partial charge in [0.2, 0.25) is 18.2 Å². The van der Waals surface area contributed by atoms with Crippen LogP contribution >= 0.6 is 0 Å². The Kier molecular flexibility index (Phi) is 4.74. The third-order valence-electron chi connectivity index (χ3n) is 4.14. The number of hydrogen-bond donors (Lipinski definition) is 3. The number of likely N-dealkylation sites (tertiary alicyclic amines) is 1. The van der Waals surface area contributed by atoms with Crippen molar-refractivity contribution in [2.75, 3.05) is 13.1 Å². The fourth-order valence-corrected chi connectivity index (χ4v) is 3.00. The number of aromatic nitrogens is 2. The highest BCUT2D eigenvalue weighted by Crippen LogP contribution is 2.18. The van der Waals surface area contributed by atoms with Gasteiger partial charge in [0, 0.05) is 35.5 Å². The summed E-state index contributed by atoms with van der Waals surface area (Å²) in [5.41, 5.74) is 1.84. The van der Waals surface area contributed by atoms with E-state index in [0.717, 1.165) is 23.0 Å². The molecule has 3 rings (SSSR count). The van der Waals surface area contributed by atoms with E-state index < -0.39 is 6.04 Å². The van der Waals surface area contributed by atoms with E-state index in [0.29, 0.717) is 25.9 Å². The Morgan fingerprint density at radius 2 is 2.33 bits per heavy atom. The number of carbonyl (C=O) groups is 3. The van der Waals surface area contributed by atoms with Gasteiger partial charge in [-0.3, -0.25) is 19.4 Å². The molecule has 1 atom stereocenters. The average molecular weight is 329 g/mol. The molecule has 24 heavy (non-hydrogen) atoms. The average Bonchev–Trinajstić information content (AvgIpc) is 3.23. The molecule has 2 aromatic heterocycles. The molecule has 126 valence electrons. The smallest absolute Gasteiger partial charge is 0.243 e. The van der Waals surface area contributed by atoms with Gasteiger partial charge >= 0.3 is 0 Å². The molecule has 1 fully saturated rings. The summed E-state index contributed by atoms with van der Waals surface area (Å²) in [6.07, 6.45) is 5.36. The van der Waals surface area contributed by atoms with Gasteiger partial charge in [-0.15, -0.1) is 0 Å². The van der Waals surface area contributed by atoms with Crippen LogP contribution in [0.4, 0.5) is 0 Å². The Morgan fingerprint density at radius 1 is 1.46 bits per heavy atom. The van der Waals surface area contributed by atoms with E-state index in [9.17, 15) is 14.4 Å². The summed E-state index contributed by atoms with van der Waals surface area (Å²) in [7, 11) is 0. The van der Waals surface area contributed by atoms with Gasteiger partial charge < -0.3 is 20.5 Å². The summed E-state index contributed by atoms with van der Waals surface area (Å²) < 4.78 is 0. The first-order valence-corrected chi connectivity index (χ1v) is 7.85. The highest BCUT2D eigenvalue weighted by atomic mass is 16.2. The molecule has 8 nitrogen and oxygen atoms in total. The number of nitrogens with zero attached hydrogens (tertiary/aromatic N) is 2. The Labute approximate surface area is 138 Å². The lowest BCUT2D eigenvalue weighted by atomic mass is 10.2. The molecule has 0 aromatic carbocycles. The van der Waals surface area contributed by atoms with E-state index in [1.807, 2.05) is 12.1 Å². The Bertz CT molecular complexity index is 724. The van der Waals surface area contributed by atoms with E-state index in [4.69, 9.17) is 0 Å². The van der Waals surface area contributed by atoms with Crippen LogP contribution in [0.2, 0.25) is 0 Å². The topological polar surface area (TPSA) is 107 Å². The van der Waals surface area contributed by atoms with Crippen LogP contribution in [0.15, 0.2) is 24.5 Å². The van der Waals surface area contributed by atoms with Crippen molar-refractivity contribution in [2.24, 2.45) is 0 Å². The van der Waals surface area contributed by atoms with E-state index in [1.165, 1.54) is 4.90 Å². The molecule has 2 aromatic rings. The van der Waals surface area contributed by atoms with Gasteiger partial charge in [-0.25, -0.2) is 0 Å². The number of rotatable bonds is 6. The minimum Gasteiger partial charge on any atom is -0.357 e. The molecule has 1 unspecified atom stereocenters. The molecule has 1 aliphatic rings. The van der Waals surface area contributed by atoms with Gasteiger partial charge in [0.1, 0.15) is 6.04 Å². The van der Waals surface area contributed by atoms with Crippen LogP contribution in [0, 0.1) is 0 Å². The highest BCUT2D eigenvalue weighted by Gasteiger charge is 2.33. The van der Waals surface area contributed by atoms with Gasteiger partial charge in [0.25, 0.3) is 0 Å². The summed E-state index contributed by atoms with van der Waals surface area (Å²) in [5, 5.41) is 6.20. The molecule has 8 heteroatoms. The minimum absolute atomic E-state index is 0.0811. The second kappa shape index (κ2) is 7.12. The fourth-order valence-electron chi connectivity index (χ4n) is 3.00. The molecule has 1 saturated heterocycles. The molecule has 0 aliphatic carbocycles. The first-order valence-electron chi connectivity index (χ1n) is 7.85. The van der Waals surface area contributed by atoms with Crippen molar-refractivity contribution in [3.63, 3.8) is 0 Å². The lowest BCUT2D eigenvalue weighted by Gasteiger charge is -2.23. The summed E-state index contributed by atoms with van der Waals surface area (Å²) in [6.45, 7) is 0.816. The maximum absolute atomic E-state index is 12.4. The van der Waals surface area contributed by atoms with Crippen molar-refractivity contribution in [1.29, 1.82) is 0 Å². The number of fused-ring (bicyclic) bond motifs is 1. The van der Waals surface area contributed by atoms with Gasteiger partial charge in [-0.2, -0.15) is 0 Å². The van der Waals surface area contributed by atoms with Gasteiger partial charge in [-0.05, 0) is 25.0 Å². The van der Waals surface area contributed by atoms with Crippen LogP contribution in [0.25, 0.3) is 10.9 Å². The fraction of sp³-hybridized carbons (Fsp3) is 0.375. The van der Waals surface area contributed by atoms with Crippen molar-refractivity contribution < 1.29 is 14.4 Å². The van der Waals surface area contributed by atoms with Crippen molar-refractivity contribution in [2.45, 2.75) is 25.4 Å². The second-order valence-corrected chi connectivity index (χ2v) is 5.72. The van der Waals surface area contributed by atoms with Crippen LogP contribution in [0.1, 0.15) is 18.5 Å². The molecule has 3 amide bonds. The number of hydrogen-bond acceptors (Lipinski definition) is 4. The number of amides is 3. The normalized spacial score (nSPS) is 17.0. The van der Waals surface area contributed by atoms with E-state index in [2.05, 4.69) is 20.6 Å². The molecule has 3 N–H and O–H groups in total. The summed E-state index contributed by atoms with van der Waals surface area (Å²) in [5.74, 6) is -0.417. The molecule has 0 bridgehead atoms. The quantitative estimate of drug-likeness (QED) is 0.644. The Balaban J connectivity index is 1.59. The zero-order valence-corrected chi connectivity index (χ0v) is 13.1. The number of pyridine rings is 1. The molecule has 0 saturated carbocycles. The standard InChI is InChI=1S/C16H19N5O3/c22-10-18-9-15(23)21-5-1-2-14(21)16(24)19-8-12-6-11-7-17-4-3-13(11)20-12/h3-4,6-7,10,14,20H,1-2,5,8-9H2,(H,18,22)(H,19,24). The molecule has 1 aliphatic heterocycles. The lowest BCUT2D eigenvalue weighted by molar-refractivity contribution is -0.138. The molecular formula is C16H19N5O3. The molecule has 0 radical (unpaired) electrons. The number of H-pyrrole nitrogens is 1. The van der Waals surface area contributed by atoms with E-state index in [-0.39, 0.29) is 18.4 Å². The second-order valence-electron chi connectivity index (χ2n) is 5.72. The van der Waals surface area contributed by atoms with Crippen LogP contribution < -0.4 is 10.6 Å². The van der Waals surface area contributed by atoms with Crippen LogP contribution in [-0.4, -0.2) is 52.2 Å². The SMILES string of the molecule is O=CNCC(=O)N1CCCC1C(=O)NCc1cc2cnccc2[nH]1. The third kappa shape index (κ3) is 3.37. The zero-order valence-electron chi connectivity index (χ0n) is 13.1. The largest absolute Gasteiger partial charge is 0.357 e. The summed E-state index contributed by atoms with van der Waals surface area (Å²) in [6, 6.07) is 3.34. The molecule has 0 spiro atoms. The monoisotopic (exact) mass is 329 g/mol. The van der Waals surface area contributed by atoms with Crippen LogP contribution in [0.3, 0.4) is 0 Å². The van der Waals surface area contributed by atoms with Gasteiger partial charge in [-0.1, -0.05) is 0 Å². The first kappa shape index (κ1) is 16.0. The van der Waals surface area contributed by atoms with Crippen molar-refractivity contribution in [1.82, 2.24) is 25.5 Å². The van der Waals surface area contributed by atoms with Crippen molar-refractivity contribution in [3.8, 4) is 0 Å². The van der Waals surface area contributed by atoms with Gasteiger partial charge in [0.15, 0.2) is 0 Å². The maximum Gasteiger partial charge on any atom is 0.243 e. The van der Waals surface area contributed by atoms with Crippen molar-refractivity contribution >= 4 is 29.1 Å². The van der Waals surface area contributed by atoms with Crippen LogP contribution in [-0.2, 0) is 20.9 Å². The molecular weight excluding hydrogens is 310 g/mol. The Hall–Kier alpha value is -2.90. The number of nitrogens with one attached hydrogen (secondary N) is 3. The summed E-state index contributed by atoms with van der Waals surface area (Å²) in [4.78, 5) is 43.5. The minimum atomic E-state index is -0.475. The number of carbonyl (C=O) groups excluding carboxylic acids is 3. The van der Waals surface area contributed by atoms with Crippen LogP contribution in [0.5, 0.6) is 0 Å². The van der Waals surface area contributed by atoms with Gasteiger partial charge in [0.05, 0.1) is 13.1 Å². The van der Waals surface area contributed by atoms with Crippen molar-refractivity contribution in [3.05, 3.63) is 30.2 Å². The third-order valence-corrected chi connectivity index (χ3v) is 4.14. The number of aromatic amines is 1.